The summed E-state index contributed by atoms with van der Waals surface area (Å²) in [6, 6.07) is 13.4. The molecule has 7 heteroatoms. The molecule has 2 N–H and O–H groups in total. The molecule has 0 aromatic heterocycles. The minimum absolute atomic E-state index is 0.306. The van der Waals surface area contributed by atoms with Gasteiger partial charge in [-0.2, -0.15) is 0 Å². The number of imide groups is 1. The molecule has 2 heterocycles. The molecule has 2 atom stereocenters. The van der Waals surface area contributed by atoms with Crippen LogP contribution in [0.5, 0.6) is 0 Å². The van der Waals surface area contributed by atoms with Gasteiger partial charge >= 0.3 is 6.03 Å². The Morgan fingerprint density at radius 1 is 1.12 bits per heavy atom. The molecule has 7 nitrogen and oxygen atoms in total. The van der Waals surface area contributed by atoms with Crippen LogP contribution in [-0.4, -0.2) is 54.0 Å². The number of hydrogen-bond donors (Lipinski definition) is 2. The van der Waals surface area contributed by atoms with Crippen LogP contribution in [0.15, 0.2) is 47.5 Å². The van der Waals surface area contributed by atoms with Crippen LogP contribution < -0.4 is 10.6 Å². The van der Waals surface area contributed by atoms with Crippen molar-refractivity contribution in [2.45, 2.75) is 18.8 Å². The molecule has 2 aromatic carbocycles. The summed E-state index contributed by atoms with van der Waals surface area (Å²) < 4.78 is 0. The van der Waals surface area contributed by atoms with Gasteiger partial charge in [0.25, 0.3) is 5.91 Å². The predicted octanol–water partition coefficient (Wildman–Crippen LogP) is 1.11. The smallest absolute Gasteiger partial charge is 0.325 e. The van der Waals surface area contributed by atoms with Gasteiger partial charge in [0.05, 0.1) is 0 Å². The summed E-state index contributed by atoms with van der Waals surface area (Å²) in [6.07, 6.45) is -0.421. The molecule has 2 fully saturated rings. The minimum Gasteiger partial charge on any atom is -0.334 e. The van der Waals surface area contributed by atoms with Crippen LogP contribution >= 0.6 is 0 Å². The molecule has 0 spiro atoms. The Morgan fingerprint density at radius 2 is 1.88 bits per heavy atom. The lowest BCUT2D eigenvalue weighted by molar-refractivity contribution is -0.127. The van der Waals surface area contributed by atoms with Gasteiger partial charge in [-0.3, -0.25) is 15.1 Å². The average Bonchev–Trinajstić information content (AvgIpc) is 2.99. The molecule has 128 valence electrons. The number of amides is 3. The number of hydrogen-bond acceptors (Lipinski definition) is 3. The third-order valence-corrected chi connectivity index (χ3v) is 4.85. The second kappa shape index (κ2) is 5.77. The van der Waals surface area contributed by atoms with E-state index in [1.54, 1.807) is 14.1 Å². The third kappa shape index (κ3) is 2.39. The van der Waals surface area contributed by atoms with E-state index in [2.05, 4.69) is 39.9 Å². The number of urea groups is 1. The minimum atomic E-state index is -0.514. The van der Waals surface area contributed by atoms with E-state index >= 15 is 0 Å². The Kier molecular flexibility index (Phi) is 3.56. The fraction of sp³-hybridized carbons (Fsp3) is 0.278. The number of carbonyl (C=O) groups excluding carboxylic acids is 2. The van der Waals surface area contributed by atoms with Crippen LogP contribution in [0.3, 0.4) is 0 Å². The van der Waals surface area contributed by atoms with Crippen molar-refractivity contribution < 1.29 is 9.59 Å². The molecule has 2 saturated heterocycles. The number of likely N-dealkylation sites (N-methyl/N-ethyl adjacent to an activating group) is 1. The average molecular weight is 337 g/mol. The Morgan fingerprint density at radius 3 is 2.68 bits per heavy atom. The van der Waals surface area contributed by atoms with Crippen LogP contribution in [0.1, 0.15) is 5.56 Å². The van der Waals surface area contributed by atoms with Crippen LogP contribution in [0, 0.1) is 0 Å². The summed E-state index contributed by atoms with van der Waals surface area (Å²) in [6.45, 7) is 0.525. The van der Waals surface area contributed by atoms with Crippen molar-refractivity contribution in [2.24, 2.45) is 4.99 Å². The molecule has 2 aromatic rings. The molecular weight excluding hydrogens is 318 g/mol. The van der Waals surface area contributed by atoms with Crippen molar-refractivity contribution in [1.29, 1.82) is 0 Å². The van der Waals surface area contributed by atoms with Gasteiger partial charge in [-0.15, -0.1) is 0 Å². The number of rotatable bonds is 2. The molecule has 2 aliphatic heterocycles. The molecule has 0 aliphatic carbocycles. The summed E-state index contributed by atoms with van der Waals surface area (Å²) in [4.78, 5) is 32.0. The lowest BCUT2D eigenvalue weighted by Crippen LogP contribution is -2.64. The van der Waals surface area contributed by atoms with Gasteiger partial charge in [0.1, 0.15) is 6.17 Å². The van der Waals surface area contributed by atoms with Gasteiger partial charge in [0, 0.05) is 20.6 Å². The maximum atomic E-state index is 12.5. The molecule has 2 unspecified atom stereocenters. The molecule has 2 aliphatic rings. The third-order valence-electron chi connectivity index (χ3n) is 4.85. The van der Waals surface area contributed by atoms with E-state index in [1.165, 1.54) is 4.90 Å². The zero-order valence-electron chi connectivity index (χ0n) is 14.1. The van der Waals surface area contributed by atoms with Crippen molar-refractivity contribution >= 4 is 28.7 Å². The Bertz CT molecular complexity index is 889. The summed E-state index contributed by atoms with van der Waals surface area (Å²) >= 11 is 0. The van der Waals surface area contributed by atoms with E-state index < -0.39 is 18.2 Å². The zero-order chi connectivity index (χ0) is 17.6. The maximum absolute atomic E-state index is 12.5. The second-order valence-corrected chi connectivity index (χ2v) is 6.25. The highest BCUT2D eigenvalue weighted by molar-refractivity contribution is 6.04. The number of carbonyl (C=O) groups is 2. The number of aliphatic imine (C=N–C) groups is 1. The molecule has 0 radical (unpaired) electrons. The first-order chi connectivity index (χ1) is 12.1. The first-order valence-corrected chi connectivity index (χ1v) is 8.14. The number of benzene rings is 2. The van der Waals surface area contributed by atoms with E-state index in [4.69, 9.17) is 0 Å². The maximum Gasteiger partial charge on any atom is 0.325 e. The van der Waals surface area contributed by atoms with Gasteiger partial charge in [-0.05, 0) is 16.3 Å². The van der Waals surface area contributed by atoms with Gasteiger partial charge in [0.2, 0.25) is 0 Å². The highest BCUT2D eigenvalue weighted by atomic mass is 16.2. The summed E-state index contributed by atoms with van der Waals surface area (Å²) in [5.74, 6) is 0.305. The van der Waals surface area contributed by atoms with Crippen molar-refractivity contribution in [3.63, 3.8) is 0 Å². The second-order valence-electron chi connectivity index (χ2n) is 6.25. The lowest BCUT2D eigenvalue weighted by Gasteiger charge is -2.35. The standard InChI is InChI=1S/C18H19N5O2/c1-19-17-20-15-14(16(24)21-18(25)22(15)2)23(17)10-12-8-5-7-11-6-3-4-9-13(11)12/h3-9,14-15H,10H2,1-2H3,(H,19,20)(H,21,24,25). The molecule has 0 saturated carbocycles. The predicted molar refractivity (Wildman–Crippen MR) is 94.9 cm³/mol. The number of fused-ring (bicyclic) bond motifs is 2. The van der Waals surface area contributed by atoms with Crippen molar-refractivity contribution in [3.8, 4) is 0 Å². The molecular formula is C18H19N5O2. The van der Waals surface area contributed by atoms with Crippen molar-refractivity contribution in [1.82, 2.24) is 20.4 Å². The Labute approximate surface area is 145 Å². The molecule has 3 amide bonds. The van der Waals surface area contributed by atoms with Crippen LogP contribution in [0.25, 0.3) is 10.8 Å². The zero-order valence-corrected chi connectivity index (χ0v) is 14.1. The fourth-order valence-corrected chi connectivity index (χ4v) is 3.56. The van der Waals surface area contributed by atoms with Gasteiger partial charge < -0.3 is 15.1 Å². The summed E-state index contributed by atoms with van der Waals surface area (Å²) in [7, 11) is 3.34. The lowest BCUT2D eigenvalue weighted by atomic mass is 10.0. The van der Waals surface area contributed by atoms with Gasteiger partial charge in [-0.1, -0.05) is 42.5 Å². The topological polar surface area (TPSA) is 77.0 Å². The molecule has 0 bridgehead atoms. The first-order valence-electron chi connectivity index (χ1n) is 8.14. The number of nitrogens with zero attached hydrogens (tertiary/aromatic N) is 3. The van der Waals surface area contributed by atoms with Crippen LogP contribution in [-0.2, 0) is 11.3 Å². The van der Waals surface area contributed by atoms with E-state index in [9.17, 15) is 9.59 Å². The first kappa shape index (κ1) is 15.4. The van der Waals surface area contributed by atoms with E-state index in [1.807, 2.05) is 23.1 Å². The number of guanidine groups is 1. The van der Waals surface area contributed by atoms with Crippen LogP contribution in [0.2, 0.25) is 0 Å². The molecule has 4 rings (SSSR count). The summed E-state index contributed by atoms with van der Waals surface area (Å²) in [5, 5.41) is 7.90. The Hall–Kier alpha value is -3.09. The number of nitrogens with one attached hydrogen (secondary N) is 2. The van der Waals surface area contributed by atoms with Crippen molar-refractivity contribution in [2.75, 3.05) is 14.1 Å². The van der Waals surface area contributed by atoms with E-state index in [-0.39, 0.29) is 5.91 Å². The van der Waals surface area contributed by atoms with Gasteiger partial charge in [0.15, 0.2) is 12.0 Å². The molecule has 25 heavy (non-hydrogen) atoms. The fourth-order valence-electron chi connectivity index (χ4n) is 3.56. The van der Waals surface area contributed by atoms with Crippen molar-refractivity contribution in [3.05, 3.63) is 48.0 Å². The highest BCUT2D eigenvalue weighted by Gasteiger charge is 2.49. The van der Waals surface area contributed by atoms with Gasteiger partial charge in [-0.25, -0.2) is 4.79 Å². The van der Waals surface area contributed by atoms with E-state index in [0.717, 1.165) is 16.3 Å². The van der Waals surface area contributed by atoms with E-state index in [0.29, 0.717) is 12.5 Å². The quantitative estimate of drug-likeness (QED) is 0.861. The van der Waals surface area contributed by atoms with Crippen LogP contribution in [0.4, 0.5) is 4.79 Å². The Balaban J connectivity index is 1.73. The largest absolute Gasteiger partial charge is 0.334 e. The normalized spacial score (nSPS) is 24.5. The monoisotopic (exact) mass is 337 g/mol. The summed E-state index contributed by atoms with van der Waals surface area (Å²) in [5.41, 5.74) is 1.11. The highest BCUT2D eigenvalue weighted by Crippen LogP contribution is 2.26. The SMILES string of the molecule is CN=C1NC2C(C(=O)NC(=O)N2C)N1Cc1cccc2ccccc12.